The number of amides is 2. The minimum absolute atomic E-state index is 0.0235. The largest absolute Gasteiger partial charge is 0.370 e. The molecule has 0 bridgehead atoms. The lowest BCUT2D eigenvalue weighted by atomic mass is 10.1. The number of hydrogen-bond donors (Lipinski definition) is 0. The van der Waals surface area contributed by atoms with Gasteiger partial charge in [-0.2, -0.15) is 0 Å². The Morgan fingerprint density at radius 2 is 1.77 bits per heavy atom. The maximum absolute atomic E-state index is 13.6. The second-order valence-corrected chi connectivity index (χ2v) is 8.73. The van der Waals surface area contributed by atoms with Gasteiger partial charge in [0.05, 0.1) is 19.3 Å². The van der Waals surface area contributed by atoms with Gasteiger partial charge in [-0.15, -0.1) is 0 Å². The summed E-state index contributed by atoms with van der Waals surface area (Å²) < 4.78 is 19.7. The second-order valence-electron chi connectivity index (χ2n) is 8.73. The Morgan fingerprint density at radius 1 is 0.971 bits per heavy atom. The maximum atomic E-state index is 13.6. The summed E-state index contributed by atoms with van der Waals surface area (Å²) in [6, 6.07) is 21.9. The van der Waals surface area contributed by atoms with Crippen molar-refractivity contribution in [1.82, 2.24) is 14.8 Å². The highest BCUT2D eigenvalue weighted by atomic mass is 19.1. The van der Waals surface area contributed by atoms with Gasteiger partial charge in [0.15, 0.2) is 0 Å². The molecule has 7 heteroatoms. The zero-order chi connectivity index (χ0) is 24.5. The summed E-state index contributed by atoms with van der Waals surface area (Å²) in [4.78, 5) is 33.8. The summed E-state index contributed by atoms with van der Waals surface area (Å²) in [5.41, 5.74) is 2.69. The van der Waals surface area contributed by atoms with Gasteiger partial charge in [0.25, 0.3) is 0 Å². The molecule has 6 nitrogen and oxygen atoms in total. The Hall–Kier alpha value is -3.58. The number of rotatable bonds is 9. The number of pyridine rings is 1. The molecule has 2 heterocycles. The normalized spacial score (nSPS) is 16.3. The third-order valence-corrected chi connectivity index (χ3v) is 6.09. The van der Waals surface area contributed by atoms with Gasteiger partial charge in [0.2, 0.25) is 11.8 Å². The van der Waals surface area contributed by atoms with Crippen LogP contribution in [-0.2, 0) is 33.8 Å². The summed E-state index contributed by atoms with van der Waals surface area (Å²) in [6.07, 6.45) is 2.83. The van der Waals surface area contributed by atoms with Crippen LogP contribution in [0.5, 0.6) is 0 Å². The van der Waals surface area contributed by atoms with E-state index in [-0.39, 0.29) is 43.3 Å². The molecule has 1 aliphatic heterocycles. The van der Waals surface area contributed by atoms with E-state index in [0.29, 0.717) is 31.6 Å². The number of carbonyl (C=O) groups excluding carboxylic acids is 2. The van der Waals surface area contributed by atoms with Gasteiger partial charge < -0.3 is 14.5 Å². The SMILES string of the molecule is O=C1CN(C(=O)CCc2ccccn2)C[C@@H](OCc2cccc(F)c2)CN1CCc1ccccc1. The standard InChI is InChI=1S/C28H30FN3O3/c29-24-10-6-9-23(17-24)21-35-26-18-31(16-14-22-7-2-1-3-8-22)28(34)20-32(19-26)27(33)13-12-25-11-4-5-15-30-25/h1-11,15,17,26H,12-14,16,18-21H2/t26-/m0/s1. The summed E-state index contributed by atoms with van der Waals surface area (Å²) in [7, 11) is 0. The summed E-state index contributed by atoms with van der Waals surface area (Å²) in [5.74, 6) is -0.518. The number of carbonyl (C=O) groups is 2. The van der Waals surface area contributed by atoms with Gasteiger partial charge in [0, 0.05) is 37.9 Å². The van der Waals surface area contributed by atoms with E-state index in [2.05, 4.69) is 4.98 Å². The number of aryl methyl sites for hydroxylation is 1. The highest BCUT2D eigenvalue weighted by Gasteiger charge is 2.30. The van der Waals surface area contributed by atoms with Gasteiger partial charge in [-0.3, -0.25) is 14.6 Å². The first kappa shape index (κ1) is 24.5. The number of hydrogen-bond acceptors (Lipinski definition) is 4. The van der Waals surface area contributed by atoms with Crippen LogP contribution < -0.4 is 0 Å². The van der Waals surface area contributed by atoms with Crippen molar-refractivity contribution in [2.24, 2.45) is 0 Å². The zero-order valence-corrected chi connectivity index (χ0v) is 19.7. The van der Waals surface area contributed by atoms with Crippen LogP contribution in [0.25, 0.3) is 0 Å². The van der Waals surface area contributed by atoms with E-state index in [9.17, 15) is 14.0 Å². The van der Waals surface area contributed by atoms with E-state index < -0.39 is 0 Å². The molecule has 4 rings (SSSR count). The van der Waals surface area contributed by atoms with Crippen molar-refractivity contribution in [3.8, 4) is 0 Å². The highest BCUT2D eigenvalue weighted by molar-refractivity contribution is 5.85. The molecule has 0 unspecified atom stereocenters. The molecule has 2 amide bonds. The Morgan fingerprint density at radius 3 is 2.54 bits per heavy atom. The molecule has 1 aliphatic rings. The Kier molecular flexibility index (Phi) is 8.57. The first-order valence-electron chi connectivity index (χ1n) is 11.9. The van der Waals surface area contributed by atoms with E-state index >= 15 is 0 Å². The predicted octanol–water partition coefficient (Wildman–Crippen LogP) is 3.65. The lowest BCUT2D eigenvalue weighted by Crippen LogP contribution is -2.40. The minimum atomic E-state index is -0.376. The molecule has 0 radical (unpaired) electrons. The molecule has 0 spiro atoms. The first-order chi connectivity index (χ1) is 17.1. The molecule has 1 aromatic heterocycles. The van der Waals surface area contributed by atoms with E-state index in [1.54, 1.807) is 28.1 Å². The Bertz CT molecular complexity index is 1110. The average Bonchev–Trinajstić information content (AvgIpc) is 3.04. The maximum Gasteiger partial charge on any atom is 0.242 e. The highest BCUT2D eigenvalue weighted by Crippen LogP contribution is 2.15. The number of aromatic nitrogens is 1. The van der Waals surface area contributed by atoms with Gasteiger partial charge >= 0.3 is 0 Å². The van der Waals surface area contributed by atoms with Crippen LogP contribution in [-0.4, -0.2) is 58.9 Å². The Labute approximate surface area is 205 Å². The molecule has 0 aliphatic carbocycles. The van der Waals surface area contributed by atoms with Crippen LogP contribution in [0.4, 0.5) is 4.39 Å². The zero-order valence-electron chi connectivity index (χ0n) is 19.7. The van der Waals surface area contributed by atoms with E-state index in [1.165, 1.54) is 12.1 Å². The van der Waals surface area contributed by atoms with Gasteiger partial charge in [0.1, 0.15) is 5.82 Å². The Balaban J connectivity index is 1.43. The summed E-state index contributed by atoms with van der Waals surface area (Å²) in [5, 5.41) is 0. The van der Waals surface area contributed by atoms with Crippen LogP contribution >= 0.6 is 0 Å². The van der Waals surface area contributed by atoms with Crippen LogP contribution in [0.15, 0.2) is 79.0 Å². The van der Waals surface area contributed by atoms with E-state index in [0.717, 1.165) is 17.7 Å². The summed E-state index contributed by atoms with van der Waals surface area (Å²) in [6.45, 7) is 1.46. The lowest BCUT2D eigenvalue weighted by Gasteiger charge is -2.25. The van der Waals surface area contributed by atoms with E-state index in [1.807, 2.05) is 48.5 Å². The number of nitrogens with zero attached hydrogens (tertiary/aromatic N) is 3. The lowest BCUT2D eigenvalue weighted by molar-refractivity contribution is -0.138. The van der Waals surface area contributed by atoms with Gasteiger partial charge in [-0.05, 0) is 48.2 Å². The summed E-state index contributed by atoms with van der Waals surface area (Å²) >= 11 is 0. The van der Waals surface area contributed by atoms with Crippen LogP contribution in [0, 0.1) is 5.82 Å². The van der Waals surface area contributed by atoms with E-state index in [4.69, 9.17) is 4.74 Å². The molecule has 0 N–H and O–H groups in total. The smallest absolute Gasteiger partial charge is 0.242 e. The van der Waals surface area contributed by atoms with Crippen LogP contribution in [0.3, 0.4) is 0 Å². The van der Waals surface area contributed by atoms with Crippen LogP contribution in [0.1, 0.15) is 23.2 Å². The molecule has 1 fully saturated rings. The third-order valence-electron chi connectivity index (χ3n) is 6.09. The second kappa shape index (κ2) is 12.2. The fraction of sp³-hybridized carbons (Fsp3) is 0.321. The quantitative estimate of drug-likeness (QED) is 0.474. The van der Waals surface area contributed by atoms with Crippen molar-refractivity contribution in [3.63, 3.8) is 0 Å². The predicted molar refractivity (Wildman–Crippen MR) is 131 cm³/mol. The molecular formula is C28H30FN3O3. The molecule has 3 aromatic rings. The van der Waals surface area contributed by atoms with Crippen molar-refractivity contribution >= 4 is 11.8 Å². The van der Waals surface area contributed by atoms with Crippen molar-refractivity contribution in [2.75, 3.05) is 26.2 Å². The van der Waals surface area contributed by atoms with Crippen molar-refractivity contribution < 1.29 is 18.7 Å². The third kappa shape index (κ3) is 7.45. The molecule has 2 aromatic carbocycles. The average molecular weight is 476 g/mol. The monoisotopic (exact) mass is 475 g/mol. The fourth-order valence-corrected chi connectivity index (χ4v) is 4.18. The fourth-order valence-electron chi connectivity index (χ4n) is 4.18. The number of halogens is 1. The molecule has 35 heavy (non-hydrogen) atoms. The van der Waals surface area contributed by atoms with Crippen molar-refractivity contribution in [1.29, 1.82) is 0 Å². The number of benzene rings is 2. The topological polar surface area (TPSA) is 62.7 Å². The van der Waals surface area contributed by atoms with Crippen LogP contribution in [0.2, 0.25) is 0 Å². The molecule has 182 valence electrons. The van der Waals surface area contributed by atoms with Gasteiger partial charge in [-0.1, -0.05) is 48.5 Å². The van der Waals surface area contributed by atoms with Crippen molar-refractivity contribution in [3.05, 3.63) is 102 Å². The van der Waals surface area contributed by atoms with Gasteiger partial charge in [-0.25, -0.2) is 4.39 Å². The molecule has 1 saturated heterocycles. The van der Waals surface area contributed by atoms with Crippen molar-refractivity contribution in [2.45, 2.75) is 32.0 Å². The molecular weight excluding hydrogens is 445 g/mol. The molecule has 0 saturated carbocycles. The molecule has 1 atom stereocenters. The first-order valence-corrected chi connectivity index (χ1v) is 11.9. The number of ether oxygens (including phenoxy) is 1. The minimum Gasteiger partial charge on any atom is -0.370 e.